The fraction of sp³-hybridized carbons (Fsp3) is 0.333. The van der Waals surface area contributed by atoms with E-state index in [-0.39, 0.29) is 4.90 Å². The van der Waals surface area contributed by atoms with Crippen LogP contribution in [0.5, 0.6) is 5.75 Å². The molecule has 0 saturated carbocycles. The Labute approximate surface area is 158 Å². The van der Waals surface area contributed by atoms with Crippen LogP contribution in [-0.4, -0.2) is 57.0 Å². The van der Waals surface area contributed by atoms with Crippen molar-refractivity contribution in [3.8, 4) is 5.75 Å². The van der Waals surface area contributed by atoms with Crippen molar-refractivity contribution in [2.75, 3.05) is 39.3 Å². The highest BCUT2D eigenvalue weighted by Gasteiger charge is 2.28. The minimum absolute atomic E-state index is 0.00276. The number of hydrogen-bond donors (Lipinski definition) is 0. The van der Waals surface area contributed by atoms with Gasteiger partial charge in [-0.1, -0.05) is 17.7 Å². The molecule has 1 fully saturated rings. The molecular weight excluding hydrogens is 379 g/mol. The van der Waals surface area contributed by atoms with Crippen molar-refractivity contribution in [2.24, 2.45) is 0 Å². The Morgan fingerprint density at radius 1 is 1.04 bits per heavy atom. The second-order valence-electron chi connectivity index (χ2n) is 6.01. The predicted molar refractivity (Wildman–Crippen MR) is 98.5 cm³/mol. The SMILES string of the molecule is O=S(=O)(c1cccc(F)c1)N1CCN(CCOc2ccc(Cl)cc2)CC1. The first-order chi connectivity index (χ1) is 12.4. The first kappa shape index (κ1) is 19.1. The Balaban J connectivity index is 1.48. The molecule has 5 nitrogen and oxygen atoms in total. The van der Waals surface area contributed by atoms with E-state index in [2.05, 4.69) is 4.90 Å². The Bertz CT molecular complexity index is 838. The molecule has 3 rings (SSSR count). The molecule has 2 aromatic rings. The molecule has 0 spiro atoms. The van der Waals surface area contributed by atoms with Crippen LogP contribution in [0.1, 0.15) is 0 Å². The first-order valence-corrected chi connectivity index (χ1v) is 10.1. The summed E-state index contributed by atoms with van der Waals surface area (Å²) in [4.78, 5) is 2.14. The van der Waals surface area contributed by atoms with Crippen molar-refractivity contribution >= 4 is 21.6 Å². The highest BCUT2D eigenvalue weighted by molar-refractivity contribution is 7.89. The zero-order valence-corrected chi connectivity index (χ0v) is 15.7. The number of ether oxygens (including phenoxy) is 1. The number of benzene rings is 2. The van der Waals surface area contributed by atoms with Gasteiger partial charge in [-0.25, -0.2) is 12.8 Å². The molecule has 0 aromatic heterocycles. The molecule has 0 amide bonds. The molecule has 0 atom stereocenters. The third-order valence-corrected chi connectivity index (χ3v) is 6.40. The molecule has 1 heterocycles. The van der Waals surface area contributed by atoms with Crippen LogP contribution < -0.4 is 4.74 Å². The maximum Gasteiger partial charge on any atom is 0.243 e. The van der Waals surface area contributed by atoms with Gasteiger partial charge in [0, 0.05) is 37.7 Å². The Morgan fingerprint density at radius 2 is 1.73 bits per heavy atom. The van der Waals surface area contributed by atoms with Gasteiger partial charge in [0.2, 0.25) is 10.0 Å². The summed E-state index contributed by atoms with van der Waals surface area (Å²) in [7, 11) is -3.65. The van der Waals surface area contributed by atoms with Crippen LogP contribution in [0.3, 0.4) is 0 Å². The normalized spacial score (nSPS) is 16.5. The van der Waals surface area contributed by atoms with Crippen LogP contribution in [-0.2, 0) is 10.0 Å². The van der Waals surface area contributed by atoms with E-state index in [1.165, 1.54) is 22.5 Å². The van der Waals surface area contributed by atoms with Gasteiger partial charge in [0.05, 0.1) is 4.90 Å². The zero-order chi connectivity index (χ0) is 18.6. The predicted octanol–water partition coefficient (Wildman–Crippen LogP) is 2.86. The zero-order valence-electron chi connectivity index (χ0n) is 14.1. The van der Waals surface area contributed by atoms with E-state index in [0.29, 0.717) is 44.4 Å². The lowest BCUT2D eigenvalue weighted by molar-refractivity contribution is 0.159. The fourth-order valence-electron chi connectivity index (χ4n) is 2.79. The molecule has 0 bridgehead atoms. The minimum atomic E-state index is -3.65. The Morgan fingerprint density at radius 3 is 2.38 bits per heavy atom. The molecule has 1 aliphatic rings. The van der Waals surface area contributed by atoms with Gasteiger partial charge in [0.25, 0.3) is 0 Å². The van der Waals surface area contributed by atoms with Gasteiger partial charge < -0.3 is 4.74 Å². The van der Waals surface area contributed by atoms with Gasteiger partial charge >= 0.3 is 0 Å². The summed E-state index contributed by atoms with van der Waals surface area (Å²) in [6.45, 7) is 3.19. The molecule has 0 unspecified atom stereocenters. The maximum absolute atomic E-state index is 13.3. The summed E-state index contributed by atoms with van der Waals surface area (Å²) in [6, 6.07) is 12.3. The van der Waals surface area contributed by atoms with Gasteiger partial charge in [0.15, 0.2) is 0 Å². The van der Waals surface area contributed by atoms with Crippen molar-refractivity contribution in [1.82, 2.24) is 9.21 Å². The number of rotatable bonds is 6. The van der Waals surface area contributed by atoms with Gasteiger partial charge in [-0.3, -0.25) is 4.90 Å². The average molecular weight is 399 g/mol. The van der Waals surface area contributed by atoms with Crippen molar-refractivity contribution in [3.05, 3.63) is 59.4 Å². The number of piperazine rings is 1. The van der Waals surface area contributed by atoms with Crippen LogP contribution in [0, 0.1) is 5.82 Å². The van der Waals surface area contributed by atoms with E-state index in [1.54, 1.807) is 12.1 Å². The van der Waals surface area contributed by atoms with Crippen LogP contribution in [0.15, 0.2) is 53.4 Å². The standard InChI is InChI=1S/C18H20ClFN2O3S/c19-15-4-6-17(7-5-15)25-13-12-21-8-10-22(11-9-21)26(23,24)18-3-1-2-16(20)14-18/h1-7,14H,8-13H2. The van der Waals surface area contributed by atoms with Crippen molar-refractivity contribution in [1.29, 1.82) is 0 Å². The van der Waals surface area contributed by atoms with E-state index in [4.69, 9.17) is 16.3 Å². The second kappa shape index (κ2) is 8.35. The Hall–Kier alpha value is -1.67. The number of nitrogens with zero attached hydrogens (tertiary/aromatic N) is 2. The highest BCUT2D eigenvalue weighted by atomic mass is 35.5. The number of sulfonamides is 1. The maximum atomic E-state index is 13.3. The smallest absolute Gasteiger partial charge is 0.243 e. The molecule has 2 aromatic carbocycles. The largest absolute Gasteiger partial charge is 0.492 e. The van der Waals surface area contributed by atoms with Gasteiger partial charge in [-0.15, -0.1) is 0 Å². The van der Waals surface area contributed by atoms with Crippen molar-refractivity contribution < 1.29 is 17.5 Å². The summed E-state index contributed by atoms with van der Waals surface area (Å²) in [5.74, 6) is 0.200. The molecule has 8 heteroatoms. The lowest BCUT2D eigenvalue weighted by atomic mass is 10.3. The van der Waals surface area contributed by atoms with Gasteiger partial charge in [-0.05, 0) is 42.5 Å². The van der Waals surface area contributed by atoms with E-state index in [0.717, 1.165) is 11.8 Å². The molecule has 1 saturated heterocycles. The lowest BCUT2D eigenvalue weighted by Crippen LogP contribution is -2.49. The van der Waals surface area contributed by atoms with Crippen molar-refractivity contribution in [3.63, 3.8) is 0 Å². The van der Waals surface area contributed by atoms with Crippen LogP contribution >= 0.6 is 11.6 Å². The molecule has 0 radical (unpaired) electrons. The van der Waals surface area contributed by atoms with E-state index in [9.17, 15) is 12.8 Å². The highest BCUT2D eigenvalue weighted by Crippen LogP contribution is 2.19. The second-order valence-corrected chi connectivity index (χ2v) is 8.38. The lowest BCUT2D eigenvalue weighted by Gasteiger charge is -2.33. The molecule has 0 aliphatic carbocycles. The van der Waals surface area contributed by atoms with E-state index < -0.39 is 15.8 Å². The quantitative estimate of drug-likeness (QED) is 0.750. The topological polar surface area (TPSA) is 49.9 Å². The first-order valence-electron chi connectivity index (χ1n) is 8.31. The summed E-state index contributed by atoms with van der Waals surface area (Å²) < 4.78 is 45.5. The fourth-order valence-corrected chi connectivity index (χ4v) is 4.37. The van der Waals surface area contributed by atoms with Crippen LogP contribution in [0.25, 0.3) is 0 Å². The molecule has 140 valence electrons. The average Bonchev–Trinajstić information content (AvgIpc) is 2.64. The summed E-state index contributed by atoms with van der Waals surface area (Å²) in [5.41, 5.74) is 0. The number of hydrogen-bond acceptors (Lipinski definition) is 4. The summed E-state index contributed by atoms with van der Waals surface area (Å²) >= 11 is 5.83. The summed E-state index contributed by atoms with van der Waals surface area (Å²) in [5, 5.41) is 0.660. The molecule has 26 heavy (non-hydrogen) atoms. The number of halogens is 2. The Kier molecular flexibility index (Phi) is 6.13. The van der Waals surface area contributed by atoms with E-state index >= 15 is 0 Å². The van der Waals surface area contributed by atoms with E-state index in [1.807, 2.05) is 12.1 Å². The minimum Gasteiger partial charge on any atom is -0.492 e. The van der Waals surface area contributed by atoms with Crippen LogP contribution in [0.4, 0.5) is 4.39 Å². The third kappa shape index (κ3) is 4.73. The van der Waals surface area contributed by atoms with Gasteiger partial charge in [-0.2, -0.15) is 4.31 Å². The molecule has 1 aliphatic heterocycles. The van der Waals surface area contributed by atoms with Crippen LogP contribution in [0.2, 0.25) is 5.02 Å². The monoisotopic (exact) mass is 398 g/mol. The third-order valence-electron chi connectivity index (χ3n) is 4.25. The summed E-state index contributed by atoms with van der Waals surface area (Å²) in [6.07, 6.45) is 0. The molecule has 0 N–H and O–H groups in total. The molecular formula is C18H20ClFN2O3S. The van der Waals surface area contributed by atoms with Crippen molar-refractivity contribution in [2.45, 2.75) is 4.90 Å². The van der Waals surface area contributed by atoms with Gasteiger partial charge in [0.1, 0.15) is 18.2 Å².